The minimum atomic E-state index is -9.67. The third-order valence-electron chi connectivity index (χ3n) is 8.49. The summed E-state index contributed by atoms with van der Waals surface area (Å²) in [6, 6.07) is 0. The Morgan fingerprint density at radius 1 is 0.250 bits per heavy atom. The van der Waals surface area contributed by atoms with Gasteiger partial charge in [0.1, 0.15) is 0 Å². The SMILES string of the molecule is N.O=P(O)(OCCC(F)(F)C(F)(F)C(F)(F)C(F)(F)C(F)(F)C(F)(F)C(F)(F)C(F)(F)C(F)(F)C(F)(F)F)OCCC(F)(F)C(F)(F)C(F)(F)C(F)(F)C(F)(F)C(F)(F)C(F)(F)C(F)(F)C(F)(F)C(F)(F)F. The Morgan fingerprint density at radius 2 is 0.375 bits per heavy atom. The van der Waals surface area contributed by atoms with Gasteiger partial charge in [0, 0.05) is 12.8 Å². The van der Waals surface area contributed by atoms with Crippen LogP contribution in [0.4, 0.5) is 184 Å². The van der Waals surface area contributed by atoms with Crippen molar-refractivity contribution in [3.63, 3.8) is 0 Å². The molecule has 72 heavy (non-hydrogen) atoms. The number of halogens is 42. The molecule has 0 aromatic heterocycles. The van der Waals surface area contributed by atoms with Crippen LogP contribution in [0.25, 0.3) is 0 Å². The number of hydrogen-bond donors (Lipinski definition) is 2. The van der Waals surface area contributed by atoms with Crippen LogP contribution in [-0.2, 0) is 13.6 Å². The molecular weight excluding hydrogens is 1200 g/mol. The van der Waals surface area contributed by atoms with Crippen molar-refractivity contribution < 1.29 is 203 Å². The van der Waals surface area contributed by atoms with Gasteiger partial charge < -0.3 is 11.0 Å². The van der Waals surface area contributed by atoms with Gasteiger partial charge in [-0.15, -0.1) is 0 Å². The van der Waals surface area contributed by atoms with Crippen molar-refractivity contribution in [2.75, 3.05) is 13.2 Å². The van der Waals surface area contributed by atoms with Gasteiger partial charge in [-0.25, -0.2) is 4.57 Å². The lowest BCUT2D eigenvalue weighted by atomic mass is 9.86. The van der Waals surface area contributed by atoms with Crippen LogP contribution in [0.2, 0.25) is 0 Å². The number of hydrogen-bond acceptors (Lipinski definition) is 4. The molecular formula is C24H12F42NO4P. The molecule has 48 heteroatoms. The van der Waals surface area contributed by atoms with E-state index >= 15 is 0 Å². The summed E-state index contributed by atoms with van der Waals surface area (Å²) in [5.74, 6) is -164. The molecule has 0 spiro atoms. The van der Waals surface area contributed by atoms with Crippen LogP contribution in [0.5, 0.6) is 0 Å². The van der Waals surface area contributed by atoms with Crippen LogP contribution in [0.1, 0.15) is 12.8 Å². The number of rotatable bonds is 24. The first-order valence-corrected chi connectivity index (χ1v) is 17.0. The van der Waals surface area contributed by atoms with Crippen molar-refractivity contribution in [2.45, 2.75) is 132 Å². The molecule has 5 nitrogen and oxygen atoms in total. The maximum atomic E-state index is 14.0. The smallest absolute Gasteiger partial charge is 0.344 e. The zero-order valence-corrected chi connectivity index (χ0v) is 32.4. The van der Waals surface area contributed by atoms with Crippen molar-refractivity contribution >= 4 is 7.82 Å². The molecule has 0 atom stereocenters. The molecule has 0 radical (unpaired) electrons. The van der Waals surface area contributed by atoms with Crippen LogP contribution in [0.15, 0.2) is 0 Å². The molecule has 0 aliphatic carbocycles. The Labute approximate surface area is 363 Å². The summed E-state index contributed by atoms with van der Waals surface area (Å²) in [6.07, 6.45) is -24.6. The summed E-state index contributed by atoms with van der Waals surface area (Å²) in [7, 11) is -7.19. The molecule has 0 unspecified atom stereocenters. The standard InChI is InChI=1S/C24H9F42O4P.H3N/c25-5(26,7(29,30)9(33,34)11(37,38)13(41,42)15(45,46)17(49,50)19(53,54)21(57,58)23(61,62)63)1-3-69-71(67,68)70-4-2-6(27,28)8(31,32)10(35,36)12(39,40)14(43,44)16(47,48)18(51,52)20(55,56)22(59,60)24(64,65)66;/h1-4H2,(H,67,68);1H3. The first kappa shape index (κ1) is 71.2. The van der Waals surface area contributed by atoms with Crippen molar-refractivity contribution in [2.24, 2.45) is 0 Å². The highest BCUT2D eigenvalue weighted by Gasteiger charge is 3.00. The number of alkyl halides is 42. The third kappa shape index (κ3) is 9.57. The monoisotopic (exact) mass is 1210 g/mol. The topological polar surface area (TPSA) is 90.8 Å². The van der Waals surface area contributed by atoms with E-state index < -0.39 is 153 Å². The normalized spacial score (nSPS) is 16.8. The molecule has 436 valence electrons. The number of phosphoric acid groups is 1. The minimum absolute atomic E-state index is 0. The largest absolute Gasteiger partial charge is 0.472 e. The van der Waals surface area contributed by atoms with E-state index in [1.807, 2.05) is 0 Å². The summed E-state index contributed by atoms with van der Waals surface area (Å²) in [5.41, 5.74) is 0. The summed E-state index contributed by atoms with van der Waals surface area (Å²) in [5, 5.41) is 0. The van der Waals surface area contributed by atoms with Crippen molar-refractivity contribution in [1.29, 1.82) is 0 Å². The van der Waals surface area contributed by atoms with E-state index in [1.54, 1.807) is 0 Å². The van der Waals surface area contributed by atoms with E-state index in [1.165, 1.54) is 0 Å². The zero-order chi connectivity index (χ0) is 58.7. The van der Waals surface area contributed by atoms with Crippen LogP contribution in [0.3, 0.4) is 0 Å². The predicted molar refractivity (Wildman–Crippen MR) is 137 cm³/mol. The lowest BCUT2D eigenvalue weighted by molar-refractivity contribution is -0.474. The van der Waals surface area contributed by atoms with E-state index in [-0.39, 0.29) is 6.15 Å². The second-order valence-corrected chi connectivity index (χ2v) is 14.7. The highest BCUT2D eigenvalue weighted by Crippen LogP contribution is 2.69. The van der Waals surface area contributed by atoms with Gasteiger partial charge in [-0.2, -0.15) is 184 Å². The minimum Gasteiger partial charge on any atom is -0.344 e. The van der Waals surface area contributed by atoms with E-state index in [4.69, 9.17) is 4.89 Å². The molecule has 0 aromatic rings. The van der Waals surface area contributed by atoms with Gasteiger partial charge in [0.2, 0.25) is 0 Å². The first-order valence-electron chi connectivity index (χ1n) is 15.5. The van der Waals surface area contributed by atoms with E-state index in [0.717, 1.165) is 0 Å². The van der Waals surface area contributed by atoms with Crippen LogP contribution < -0.4 is 6.15 Å². The molecule has 0 aromatic carbocycles. The Kier molecular flexibility index (Phi) is 18.2. The van der Waals surface area contributed by atoms with Gasteiger partial charge in [0.25, 0.3) is 0 Å². The molecule has 0 rings (SSSR count). The fraction of sp³-hybridized carbons (Fsp3) is 1.00. The molecule has 0 aliphatic heterocycles. The van der Waals surface area contributed by atoms with Gasteiger partial charge in [-0.05, 0) is 0 Å². The average Bonchev–Trinajstić information content (AvgIpc) is 3.12. The lowest BCUT2D eigenvalue weighted by Gasteiger charge is -2.44. The summed E-state index contributed by atoms with van der Waals surface area (Å²) in [4.78, 5) is 9.02. The molecule has 0 amide bonds. The Bertz CT molecular complexity index is 1800. The fourth-order valence-corrected chi connectivity index (χ4v) is 4.83. The van der Waals surface area contributed by atoms with Crippen LogP contribution >= 0.6 is 7.82 Å². The maximum absolute atomic E-state index is 14.0. The van der Waals surface area contributed by atoms with E-state index in [2.05, 4.69) is 9.05 Å². The summed E-state index contributed by atoms with van der Waals surface area (Å²) < 4.78 is 582. The quantitative estimate of drug-likeness (QED) is 0.0742. The van der Waals surface area contributed by atoms with Gasteiger partial charge in [-0.3, -0.25) is 9.05 Å². The summed E-state index contributed by atoms with van der Waals surface area (Å²) >= 11 is 0. The van der Waals surface area contributed by atoms with Crippen LogP contribution in [0, 0.1) is 0 Å². The molecule has 0 bridgehead atoms. The Balaban J connectivity index is 0. The molecule has 0 saturated heterocycles. The Morgan fingerprint density at radius 3 is 0.514 bits per heavy atom. The molecule has 0 heterocycles. The van der Waals surface area contributed by atoms with Crippen molar-refractivity contribution in [3.05, 3.63) is 0 Å². The predicted octanol–water partition coefficient (Wildman–Crippen LogP) is 14.6. The molecule has 0 fully saturated rings. The highest BCUT2D eigenvalue weighted by molar-refractivity contribution is 7.47. The average molecular weight is 1210 g/mol. The molecule has 0 aliphatic rings. The van der Waals surface area contributed by atoms with Crippen molar-refractivity contribution in [1.82, 2.24) is 6.15 Å². The van der Waals surface area contributed by atoms with Crippen LogP contribution in [-0.4, -0.2) is 137 Å². The Hall–Kier alpha value is -2.87. The fourth-order valence-electron chi connectivity index (χ4n) is 4.11. The first-order chi connectivity index (χ1) is 29.9. The lowest BCUT2D eigenvalue weighted by Crippen LogP contribution is -2.76. The molecule has 0 saturated carbocycles. The maximum Gasteiger partial charge on any atom is 0.472 e. The van der Waals surface area contributed by atoms with Gasteiger partial charge in [-0.1, -0.05) is 0 Å². The summed E-state index contributed by atoms with van der Waals surface area (Å²) in [6.45, 7) is -6.69. The van der Waals surface area contributed by atoms with Gasteiger partial charge in [0.05, 0.1) is 13.2 Å². The van der Waals surface area contributed by atoms with E-state index in [9.17, 15) is 189 Å². The van der Waals surface area contributed by atoms with Gasteiger partial charge >= 0.3 is 127 Å². The van der Waals surface area contributed by atoms with E-state index in [0.29, 0.717) is 0 Å². The third-order valence-corrected chi connectivity index (χ3v) is 9.51. The molecule has 4 N–H and O–H groups in total. The second kappa shape index (κ2) is 18.4. The second-order valence-electron chi connectivity index (χ2n) is 13.2. The zero-order valence-electron chi connectivity index (χ0n) is 31.5. The highest BCUT2D eigenvalue weighted by atomic mass is 31.2. The van der Waals surface area contributed by atoms with Crippen molar-refractivity contribution in [3.8, 4) is 0 Å². The van der Waals surface area contributed by atoms with Gasteiger partial charge in [0.15, 0.2) is 0 Å². The number of phosphoric ester groups is 1.